The van der Waals surface area contributed by atoms with E-state index in [0.717, 1.165) is 10.4 Å². The minimum absolute atomic E-state index is 0.292. The summed E-state index contributed by atoms with van der Waals surface area (Å²) in [6.45, 7) is 2.93. The van der Waals surface area contributed by atoms with Gasteiger partial charge in [-0.1, -0.05) is 12.2 Å². The number of nitrogens with zero attached hydrogens (tertiary/aromatic N) is 1. The van der Waals surface area contributed by atoms with Crippen LogP contribution in [0.4, 0.5) is 4.39 Å². The first kappa shape index (κ1) is 12.3. The second-order valence-electron chi connectivity index (χ2n) is 2.58. The molecule has 0 fully saturated rings. The van der Waals surface area contributed by atoms with Gasteiger partial charge in [0.2, 0.25) is 10.0 Å². The highest BCUT2D eigenvalue weighted by Crippen LogP contribution is 2.19. The maximum atomic E-state index is 13.0. The second kappa shape index (κ2) is 4.53. The second-order valence-corrected chi connectivity index (χ2v) is 4.70. The van der Waals surface area contributed by atoms with Crippen LogP contribution in [0.1, 0.15) is 13.8 Å². The van der Waals surface area contributed by atoms with Gasteiger partial charge in [0.05, 0.1) is 0 Å². The standard InChI is InChI=1S/C8H14FNO2S/c1-5-7(9)8(6-2)13(11,12)10(3)4/h5-6H,1-4H3. The van der Waals surface area contributed by atoms with Gasteiger partial charge < -0.3 is 0 Å². The number of allylic oxidation sites excluding steroid dienone is 3. The molecule has 0 bridgehead atoms. The van der Waals surface area contributed by atoms with Crippen molar-refractivity contribution >= 4 is 10.0 Å². The van der Waals surface area contributed by atoms with Gasteiger partial charge in [0.15, 0.2) is 0 Å². The van der Waals surface area contributed by atoms with Crippen molar-refractivity contribution in [3.05, 3.63) is 22.9 Å². The maximum absolute atomic E-state index is 13.0. The highest BCUT2D eigenvalue weighted by Gasteiger charge is 2.22. The van der Waals surface area contributed by atoms with Gasteiger partial charge in [0.1, 0.15) is 10.7 Å². The van der Waals surface area contributed by atoms with Gasteiger partial charge in [-0.3, -0.25) is 0 Å². The summed E-state index contributed by atoms with van der Waals surface area (Å²) >= 11 is 0. The average molecular weight is 207 g/mol. The number of hydrogen-bond donors (Lipinski definition) is 0. The van der Waals surface area contributed by atoms with Crippen LogP contribution in [0.5, 0.6) is 0 Å². The summed E-state index contributed by atoms with van der Waals surface area (Å²) in [5.74, 6) is -0.726. The lowest BCUT2D eigenvalue weighted by atomic mass is 10.4. The molecule has 0 aliphatic carbocycles. The molecule has 0 heterocycles. The van der Waals surface area contributed by atoms with Crippen molar-refractivity contribution in [3.63, 3.8) is 0 Å². The van der Waals surface area contributed by atoms with Crippen LogP contribution in [0, 0.1) is 0 Å². The lowest BCUT2D eigenvalue weighted by Gasteiger charge is -2.12. The van der Waals surface area contributed by atoms with Crippen LogP contribution >= 0.6 is 0 Å². The van der Waals surface area contributed by atoms with Crippen LogP contribution in [-0.4, -0.2) is 26.8 Å². The minimum atomic E-state index is -3.65. The molecule has 0 rings (SSSR count). The largest absolute Gasteiger partial charge is 0.245 e. The Morgan fingerprint density at radius 3 is 1.92 bits per heavy atom. The Bertz CT molecular complexity index is 328. The van der Waals surface area contributed by atoms with Gasteiger partial charge in [0.25, 0.3) is 0 Å². The van der Waals surface area contributed by atoms with Crippen LogP contribution in [0.15, 0.2) is 22.9 Å². The summed E-state index contributed by atoms with van der Waals surface area (Å²) < 4.78 is 36.9. The lowest BCUT2D eigenvalue weighted by Crippen LogP contribution is -2.23. The number of rotatable bonds is 3. The summed E-state index contributed by atoms with van der Waals surface area (Å²) in [6.07, 6.45) is 2.36. The van der Waals surface area contributed by atoms with E-state index in [1.165, 1.54) is 34.0 Å². The SMILES string of the molecule is CC=C(F)C(=CC)S(=O)(=O)N(C)C. The number of hydrogen-bond acceptors (Lipinski definition) is 2. The van der Waals surface area contributed by atoms with Gasteiger partial charge in [-0.2, -0.15) is 0 Å². The Morgan fingerprint density at radius 1 is 1.23 bits per heavy atom. The highest BCUT2D eigenvalue weighted by molar-refractivity contribution is 7.93. The van der Waals surface area contributed by atoms with Crippen LogP contribution in [0.3, 0.4) is 0 Å². The molecule has 0 saturated carbocycles. The Labute approximate surface area is 78.6 Å². The summed E-state index contributed by atoms with van der Waals surface area (Å²) in [5.41, 5.74) is 0. The van der Waals surface area contributed by atoms with Gasteiger partial charge in [-0.15, -0.1) is 0 Å². The minimum Gasteiger partial charge on any atom is -0.207 e. The summed E-state index contributed by atoms with van der Waals surface area (Å²) in [5, 5.41) is 0. The zero-order valence-corrected chi connectivity index (χ0v) is 9.02. The summed E-state index contributed by atoms with van der Waals surface area (Å²) in [7, 11) is -0.923. The van der Waals surface area contributed by atoms with Gasteiger partial charge in [-0.25, -0.2) is 17.1 Å². The molecule has 0 aliphatic heterocycles. The number of halogens is 1. The summed E-state index contributed by atoms with van der Waals surface area (Å²) in [6, 6.07) is 0. The van der Waals surface area contributed by atoms with E-state index in [1.807, 2.05) is 0 Å². The van der Waals surface area contributed by atoms with E-state index in [-0.39, 0.29) is 4.91 Å². The van der Waals surface area contributed by atoms with E-state index in [9.17, 15) is 12.8 Å². The molecular weight excluding hydrogens is 193 g/mol. The third-order valence-corrected chi connectivity index (χ3v) is 3.46. The van der Waals surface area contributed by atoms with Crippen molar-refractivity contribution in [2.45, 2.75) is 13.8 Å². The molecule has 0 aromatic carbocycles. The van der Waals surface area contributed by atoms with Crippen molar-refractivity contribution in [2.75, 3.05) is 14.1 Å². The maximum Gasteiger partial charge on any atom is 0.245 e. The average Bonchev–Trinajstić information content (AvgIpc) is 2.04. The van der Waals surface area contributed by atoms with Crippen LogP contribution in [0.25, 0.3) is 0 Å². The van der Waals surface area contributed by atoms with E-state index in [4.69, 9.17) is 0 Å². The molecule has 0 unspecified atom stereocenters. The lowest BCUT2D eigenvalue weighted by molar-refractivity contribution is 0.524. The van der Waals surface area contributed by atoms with Crippen molar-refractivity contribution in [1.82, 2.24) is 4.31 Å². The van der Waals surface area contributed by atoms with Gasteiger partial charge in [0, 0.05) is 14.1 Å². The first-order valence-corrected chi connectivity index (χ1v) is 5.23. The van der Waals surface area contributed by atoms with Gasteiger partial charge in [-0.05, 0) is 13.8 Å². The monoisotopic (exact) mass is 207 g/mol. The van der Waals surface area contributed by atoms with Crippen LogP contribution in [0.2, 0.25) is 0 Å². The molecule has 0 spiro atoms. The molecule has 0 atom stereocenters. The van der Waals surface area contributed by atoms with Crippen LogP contribution in [-0.2, 0) is 10.0 Å². The zero-order chi connectivity index (χ0) is 10.6. The van der Waals surface area contributed by atoms with Gasteiger partial charge >= 0.3 is 0 Å². The smallest absolute Gasteiger partial charge is 0.207 e. The normalized spacial score (nSPS) is 15.2. The summed E-state index contributed by atoms with van der Waals surface area (Å²) in [4.78, 5) is -0.292. The zero-order valence-electron chi connectivity index (χ0n) is 8.20. The quantitative estimate of drug-likeness (QED) is 0.660. The first-order chi connectivity index (χ1) is 5.87. The molecule has 0 saturated heterocycles. The first-order valence-electron chi connectivity index (χ1n) is 3.79. The molecule has 0 aromatic rings. The van der Waals surface area contributed by atoms with Crippen molar-refractivity contribution in [1.29, 1.82) is 0 Å². The van der Waals surface area contributed by atoms with Crippen molar-refractivity contribution in [3.8, 4) is 0 Å². The molecule has 3 nitrogen and oxygen atoms in total. The fourth-order valence-corrected chi connectivity index (χ4v) is 1.80. The molecule has 0 aromatic heterocycles. The number of sulfonamides is 1. The Morgan fingerprint density at radius 2 is 1.69 bits per heavy atom. The highest BCUT2D eigenvalue weighted by atomic mass is 32.2. The molecule has 76 valence electrons. The Hall–Kier alpha value is -0.680. The van der Waals surface area contributed by atoms with Crippen molar-refractivity contribution in [2.24, 2.45) is 0 Å². The predicted octanol–water partition coefficient (Wildman–Crippen LogP) is 1.65. The van der Waals surface area contributed by atoms with E-state index in [1.54, 1.807) is 0 Å². The molecule has 5 heteroatoms. The van der Waals surface area contributed by atoms with E-state index < -0.39 is 15.9 Å². The molecule has 13 heavy (non-hydrogen) atoms. The predicted molar refractivity (Wildman–Crippen MR) is 51.2 cm³/mol. The van der Waals surface area contributed by atoms with E-state index in [0.29, 0.717) is 0 Å². The van der Waals surface area contributed by atoms with E-state index >= 15 is 0 Å². The van der Waals surface area contributed by atoms with Crippen LogP contribution < -0.4 is 0 Å². The van der Waals surface area contributed by atoms with Crippen molar-refractivity contribution < 1.29 is 12.8 Å². The Kier molecular flexibility index (Phi) is 4.29. The topological polar surface area (TPSA) is 37.4 Å². The molecule has 0 amide bonds. The third kappa shape index (κ3) is 2.63. The molecule has 0 N–H and O–H groups in total. The molecule has 0 aliphatic rings. The third-order valence-electron chi connectivity index (χ3n) is 1.51. The molecule has 0 radical (unpaired) electrons. The van der Waals surface area contributed by atoms with E-state index in [2.05, 4.69) is 0 Å². The fourth-order valence-electron chi connectivity index (χ4n) is 0.749. The fraction of sp³-hybridized carbons (Fsp3) is 0.500. The molecular formula is C8H14FNO2S. The Balaban J connectivity index is 5.29.